The SMILES string of the molecule is COc1cc(OC)c2c(=O)oc(CBr)cc2c1. The molecule has 0 saturated carbocycles. The molecule has 0 aliphatic rings. The molecule has 0 atom stereocenters. The fraction of sp³-hybridized carbons (Fsp3) is 0.250. The van der Waals surface area contributed by atoms with Crippen molar-refractivity contribution in [3.05, 3.63) is 34.4 Å². The van der Waals surface area contributed by atoms with Crippen molar-refractivity contribution in [3.8, 4) is 11.5 Å². The van der Waals surface area contributed by atoms with Crippen molar-refractivity contribution in [2.45, 2.75) is 5.33 Å². The molecule has 1 aromatic heterocycles. The predicted molar refractivity (Wildman–Crippen MR) is 68.2 cm³/mol. The average molecular weight is 299 g/mol. The van der Waals surface area contributed by atoms with Crippen molar-refractivity contribution >= 4 is 26.7 Å². The molecule has 0 unspecified atom stereocenters. The molecule has 5 heteroatoms. The van der Waals surface area contributed by atoms with Gasteiger partial charge in [-0.3, -0.25) is 0 Å². The summed E-state index contributed by atoms with van der Waals surface area (Å²) in [6, 6.07) is 5.23. The highest BCUT2D eigenvalue weighted by atomic mass is 79.9. The van der Waals surface area contributed by atoms with Crippen molar-refractivity contribution < 1.29 is 13.9 Å². The molecule has 90 valence electrons. The molecule has 2 aromatic rings. The number of hydrogen-bond donors (Lipinski definition) is 0. The van der Waals surface area contributed by atoms with E-state index in [1.807, 2.05) is 0 Å². The normalized spacial score (nSPS) is 10.5. The number of fused-ring (bicyclic) bond motifs is 1. The third-order valence-electron chi connectivity index (χ3n) is 2.44. The van der Waals surface area contributed by atoms with E-state index in [2.05, 4.69) is 15.9 Å². The Kier molecular flexibility index (Phi) is 3.38. The van der Waals surface area contributed by atoms with Crippen molar-refractivity contribution in [2.75, 3.05) is 14.2 Å². The molecule has 1 aromatic carbocycles. The highest BCUT2D eigenvalue weighted by molar-refractivity contribution is 9.08. The van der Waals surface area contributed by atoms with E-state index >= 15 is 0 Å². The van der Waals surface area contributed by atoms with Gasteiger partial charge in [0.25, 0.3) is 0 Å². The number of methoxy groups -OCH3 is 2. The molecule has 0 N–H and O–H groups in total. The van der Waals surface area contributed by atoms with Crippen LogP contribution in [-0.4, -0.2) is 14.2 Å². The van der Waals surface area contributed by atoms with Crippen molar-refractivity contribution in [2.24, 2.45) is 0 Å². The van der Waals surface area contributed by atoms with Gasteiger partial charge in [0.15, 0.2) is 0 Å². The molecule has 0 radical (unpaired) electrons. The number of rotatable bonds is 3. The van der Waals surface area contributed by atoms with Gasteiger partial charge in [-0.25, -0.2) is 4.79 Å². The second-order valence-electron chi connectivity index (χ2n) is 3.43. The Morgan fingerprint density at radius 2 is 2.00 bits per heavy atom. The Morgan fingerprint density at radius 1 is 1.24 bits per heavy atom. The second kappa shape index (κ2) is 4.79. The molecule has 1 heterocycles. The number of alkyl halides is 1. The van der Waals surface area contributed by atoms with Crippen LogP contribution in [0.15, 0.2) is 27.4 Å². The highest BCUT2D eigenvalue weighted by Crippen LogP contribution is 2.29. The van der Waals surface area contributed by atoms with E-state index < -0.39 is 5.63 Å². The monoisotopic (exact) mass is 298 g/mol. The maximum absolute atomic E-state index is 11.8. The fourth-order valence-corrected chi connectivity index (χ4v) is 1.94. The first-order valence-electron chi connectivity index (χ1n) is 4.94. The van der Waals surface area contributed by atoms with Crippen LogP contribution >= 0.6 is 15.9 Å². The number of ether oxygens (including phenoxy) is 2. The van der Waals surface area contributed by atoms with Gasteiger partial charge >= 0.3 is 5.63 Å². The van der Waals surface area contributed by atoms with Crippen LogP contribution in [0.4, 0.5) is 0 Å². The Morgan fingerprint density at radius 3 is 2.59 bits per heavy atom. The van der Waals surface area contributed by atoms with Gasteiger partial charge in [0.2, 0.25) is 0 Å². The minimum atomic E-state index is -0.406. The van der Waals surface area contributed by atoms with Crippen LogP contribution in [0.3, 0.4) is 0 Å². The van der Waals surface area contributed by atoms with Gasteiger partial charge in [0.05, 0.1) is 19.5 Å². The first-order valence-corrected chi connectivity index (χ1v) is 6.06. The van der Waals surface area contributed by atoms with Crippen LogP contribution in [0, 0.1) is 0 Å². The Hall–Kier alpha value is -1.49. The molecular weight excluding hydrogens is 288 g/mol. The van der Waals surface area contributed by atoms with Gasteiger partial charge in [0, 0.05) is 6.07 Å². The van der Waals surface area contributed by atoms with E-state index in [0.717, 1.165) is 5.39 Å². The van der Waals surface area contributed by atoms with E-state index in [9.17, 15) is 4.79 Å². The van der Waals surface area contributed by atoms with E-state index in [0.29, 0.717) is 28.0 Å². The molecular formula is C12H11BrO4. The third-order valence-corrected chi connectivity index (χ3v) is 2.99. The standard InChI is InChI=1S/C12H11BrO4/c1-15-8-3-7-4-9(6-13)17-12(14)11(7)10(5-8)16-2/h3-5H,6H2,1-2H3. The summed E-state index contributed by atoms with van der Waals surface area (Å²) in [4.78, 5) is 11.8. The smallest absolute Gasteiger partial charge is 0.347 e. The molecule has 17 heavy (non-hydrogen) atoms. The van der Waals surface area contributed by atoms with Crippen molar-refractivity contribution in [3.63, 3.8) is 0 Å². The zero-order valence-electron chi connectivity index (χ0n) is 9.45. The minimum Gasteiger partial charge on any atom is -0.497 e. The summed E-state index contributed by atoms with van der Waals surface area (Å²) in [6.07, 6.45) is 0. The first kappa shape index (κ1) is 12.0. The van der Waals surface area contributed by atoms with E-state index in [1.165, 1.54) is 7.11 Å². The molecule has 0 aliphatic carbocycles. The second-order valence-corrected chi connectivity index (χ2v) is 3.99. The Bertz CT molecular complexity index is 598. The lowest BCUT2D eigenvalue weighted by molar-refractivity contribution is 0.396. The molecule has 0 saturated heterocycles. The summed E-state index contributed by atoms with van der Waals surface area (Å²) < 4.78 is 15.5. The largest absolute Gasteiger partial charge is 0.497 e. The molecule has 0 aliphatic heterocycles. The summed E-state index contributed by atoms with van der Waals surface area (Å²) in [6.45, 7) is 0. The Labute approximate surface area is 106 Å². The summed E-state index contributed by atoms with van der Waals surface area (Å²) in [5.41, 5.74) is -0.406. The lowest BCUT2D eigenvalue weighted by atomic mass is 10.1. The van der Waals surface area contributed by atoms with E-state index in [1.54, 1.807) is 25.3 Å². The fourth-order valence-electron chi connectivity index (χ4n) is 1.66. The summed E-state index contributed by atoms with van der Waals surface area (Å²) in [5, 5.41) is 1.66. The summed E-state index contributed by atoms with van der Waals surface area (Å²) in [5.74, 6) is 1.66. The molecule has 2 rings (SSSR count). The van der Waals surface area contributed by atoms with Crippen LogP contribution in [0.5, 0.6) is 11.5 Å². The molecule has 4 nitrogen and oxygen atoms in total. The van der Waals surface area contributed by atoms with Gasteiger partial charge in [-0.05, 0) is 17.5 Å². The first-order chi connectivity index (χ1) is 8.19. The molecule has 0 spiro atoms. The van der Waals surface area contributed by atoms with Crippen LogP contribution in [0.25, 0.3) is 10.8 Å². The van der Waals surface area contributed by atoms with E-state index in [-0.39, 0.29) is 0 Å². The highest BCUT2D eigenvalue weighted by Gasteiger charge is 2.11. The van der Waals surface area contributed by atoms with Gasteiger partial charge in [-0.15, -0.1) is 0 Å². The zero-order chi connectivity index (χ0) is 12.4. The molecule has 0 fully saturated rings. The quantitative estimate of drug-likeness (QED) is 0.818. The molecule has 0 bridgehead atoms. The van der Waals surface area contributed by atoms with Gasteiger partial charge in [-0.1, -0.05) is 15.9 Å². The number of hydrogen-bond acceptors (Lipinski definition) is 4. The van der Waals surface area contributed by atoms with Gasteiger partial charge in [0.1, 0.15) is 22.6 Å². The van der Waals surface area contributed by atoms with Crippen molar-refractivity contribution in [1.82, 2.24) is 0 Å². The lowest BCUT2D eigenvalue weighted by Gasteiger charge is -2.08. The maximum Gasteiger partial charge on any atom is 0.347 e. The van der Waals surface area contributed by atoms with Crippen LogP contribution < -0.4 is 15.1 Å². The topological polar surface area (TPSA) is 48.7 Å². The van der Waals surface area contributed by atoms with Crippen LogP contribution in [-0.2, 0) is 5.33 Å². The summed E-state index contributed by atoms with van der Waals surface area (Å²) >= 11 is 3.25. The minimum absolute atomic E-state index is 0.406. The number of halogens is 1. The predicted octanol–water partition coefficient (Wildman–Crippen LogP) is 2.71. The van der Waals surface area contributed by atoms with Crippen LogP contribution in [0.2, 0.25) is 0 Å². The molecule has 0 amide bonds. The third kappa shape index (κ3) is 2.15. The van der Waals surface area contributed by atoms with Gasteiger partial charge in [-0.2, -0.15) is 0 Å². The number of benzene rings is 1. The maximum atomic E-state index is 11.8. The van der Waals surface area contributed by atoms with Gasteiger partial charge < -0.3 is 13.9 Å². The lowest BCUT2D eigenvalue weighted by Crippen LogP contribution is -2.03. The average Bonchev–Trinajstić information content (AvgIpc) is 2.36. The van der Waals surface area contributed by atoms with Crippen LogP contribution in [0.1, 0.15) is 5.76 Å². The summed E-state index contributed by atoms with van der Waals surface area (Å²) in [7, 11) is 3.07. The zero-order valence-corrected chi connectivity index (χ0v) is 11.0. The Balaban J connectivity index is 2.84. The van der Waals surface area contributed by atoms with Crippen molar-refractivity contribution in [1.29, 1.82) is 0 Å². The van der Waals surface area contributed by atoms with E-state index in [4.69, 9.17) is 13.9 Å².